The Kier molecular flexibility index (Phi) is 6.22. The lowest BCUT2D eigenvalue weighted by atomic mass is 10.4. The first-order valence-electron chi connectivity index (χ1n) is 7.20. The molecule has 21 heavy (non-hydrogen) atoms. The summed E-state index contributed by atoms with van der Waals surface area (Å²) in [5, 5.41) is 3.22. The molecule has 0 saturated carbocycles. The monoisotopic (exact) mass is 395 g/mol. The van der Waals surface area contributed by atoms with Gasteiger partial charge in [-0.2, -0.15) is 4.31 Å². The Bertz CT molecular complexity index is 566. The van der Waals surface area contributed by atoms with Crippen LogP contribution in [0.5, 0.6) is 0 Å². The zero-order valence-corrected chi connectivity index (χ0v) is 15.7. The Hall–Kier alpha value is 0.01000. The Labute approximate surface area is 139 Å². The van der Waals surface area contributed by atoms with Crippen molar-refractivity contribution in [1.29, 1.82) is 0 Å². The zero-order valence-electron chi connectivity index (χ0n) is 12.4. The Morgan fingerprint density at radius 2 is 1.95 bits per heavy atom. The number of sulfonamides is 1. The van der Waals surface area contributed by atoms with Crippen LogP contribution in [0, 0.1) is 0 Å². The molecule has 0 aromatic carbocycles. The van der Waals surface area contributed by atoms with Crippen molar-refractivity contribution >= 4 is 37.3 Å². The van der Waals surface area contributed by atoms with E-state index in [-0.39, 0.29) is 0 Å². The Morgan fingerprint density at radius 3 is 2.52 bits per heavy atom. The van der Waals surface area contributed by atoms with Crippen molar-refractivity contribution in [3.05, 3.63) is 14.7 Å². The van der Waals surface area contributed by atoms with Crippen LogP contribution in [-0.4, -0.2) is 56.9 Å². The highest BCUT2D eigenvalue weighted by Gasteiger charge is 2.30. The van der Waals surface area contributed by atoms with Gasteiger partial charge in [0.25, 0.3) is 0 Å². The van der Waals surface area contributed by atoms with E-state index < -0.39 is 10.0 Å². The van der Waals surface area contributed by atoms with Gasteiger partial charge in [0.2, 0.25) is 10.0 Å². The number of halogens is 1. The van der Waals surface area contributed by atoms with Crippen LogP contribution in [0.3, 0.4) is 0 Å². The third kappa shape index (κ3) is 4.05. The smallest absolute Gasteiger partial charge is 0.245 e. The highest BCUT2D eigenvalue weighted by Crippen LogP contribution is 2.33. The number of nitrogens with one attached hydrogen (secondary N) is 1. The summed E-state index contributed by atoms with van der Waals surface area (Å²) >= 11 is 4.90. The van der Waals surface area contributed by atoms with Gasteiger partial charge in [-0.25, -0.2) is 8.42 Å². The molecule has 5 nitrogen and oxygen atoms in total. The third-order valence-corrected chi connectivity index (χ3v) is 7.80. The number of hydrogen-bond acceptors (Lipinski definition) is 5. The summed E-state index contributed by atoms with van der Waals surface area (Å²) in [6.45, 7) is 9.45. The summed E-state index contributed by atoms with van der Waals surface area (Å²) in [5.74, 6) is 0. The van der Waals surface area contributed by atoms with Gasteiger partial charge in [-0.3, -0.25) is 0 Å². The number of rotatable bonds is 6. The molecule has 0 spiro atoms. The molecule has 1 aliphatic rings. The maximum Gasteiger partial charge on any atom is 0.245 e. The molecule has 1 fully saturated rings. The van der Waals surface area contributed by atoms with Gasteiger partial charge in [0.15, 0.2) is 0 Å². The predicted molar refractivity (Wildman–Crippen MR) is 90.3 cm³/mol. The lowest BCUT2D eigenvalue weighted by Crippen LogP contribution is -2.48. The number of hydrogen-bond donors (Lipinski definition) is 1. The van der Waals surface area contributed by atoms with Crippen molar-refractivity contribution in [2.45, 2.75) is 25.3 Å². The van der Waals surface area contributed by atoms with Crippen LogP contribution >= 0.6 is 27.3 Å². The highest BCUT2D eigenvalue weighted by molar-refractivity contribution is 9.11. The summed E-state index contributed by atoms with van der Waals surface area (Å²) < 4.78 is 27.8. The molecule has 0 unspecified atom stereocenters. The second-order valence-electron chi connectivity index (χ2n) is 4.97. The fourth-order valence-corrected chi connectivity index (χ4v) is 6.36. The van der Waals surface area contributed by atoms with Gasteiger partial charge in [-0.15, -0.1) is 11.3 Å². The van der Waals surface area contributed by atoms with Gasteiger partial charge >= 0.3 is 0 Å². The average molecular weight is 396 g/mol. The Morgan fingerprint density at radius 1 is 1.29 bits per heavy atom. The van der Waals surface area contributed by atoms with Crippen LogP contribution in [0.4, 0.5) is 0 Å². The molecule has 0 amide bonds. The normalized spacial score (nSPS) is 18.2. The number of likely N-dealkylation sites (N-methyl/N-ethyl adjacent to an activating group) is 1. The summed E-state index contributed by atoms with van der Waals surface area (Å²) in [4.78, 5) is 3.71. The first-order valence-corrected chi connectivity index (χ1v) is 10.3. The fourth-order valence-electron chi connectivity index (χ4n) is 2.33. The van der Waals surface area contributed by atoms with Crippen molar-refractivity contribution in [2.75, 3.05) is 39.3 Å². The van der Waals surface area contributed by atoms with E-state index in [0.717, 1.165) is 31.1 Å². The van der Waals surface area contributed by atoms with Gasteiger partial charge in [0.1, 0.15) is 4.90 Å². The highest BCUT2D eigenvalue weighted by atomic mass is 79.9. The van der Waals surface area contributed by atoms with E-state index in [0.29, 0.717) is 28.3 Å². The second kappa shape index (κ2) is 7.52. The van der Waals surface area contributed by atoms with Gasteiger partial charge in [-0.1, -0.05) is 13.8 Å². The lowest BCUT2D eigenvalue weighted by molar-refractivity contribution is 0.196. The van der Waals surface area contributed by atoms with E-state index in [1.54, 1.807) is 10.4 Å². The van der Waals surface area contributed by atoms with E-state index in [1.807, 2.05) is 6.92 Å². The molecular weight excluding hydrogens is 374 g/mol. The van der Waals surface area contributed by atoms with E-state index in [9.17, 15) is 8.42 Å². The number of thiophene rings is 1. The minimum Gasteiger partial charge on any atom is -0.312 e. The molecule has 1 N–H and O–H groups in total. The minimum atomic E-state index is -3.39. The molecule has 1 aromatic heterocycles. The topological polar surface area (TPSA) is 52.7 Å². The van der Waals surface area contributed by atoms with Gasteiger partial charge in [-0.05, 0) is 35.1 Å². The van der Waals surface area contributed by atoms with Crippen molar-refractivity contribution < 1.29 is 8.42 Å². The third-order valence-electron chi connectivity index (χ3n) is 3.65. The molecule has 1 aliphatic heterocycles. The van der Waals surface area contributed by atoms with E-state index in [2.05, 4.69) is 33.1 Å². The standard InChI is InChI=1S/C13H22BrN3O2S2/c1-3-15-10-11-9-12(13(14)20-11)21(18,19)17-7-5-16(4-2)6-8-17/h9,15H,3-8,10H2,1-2H3. The minimum absolute atomic E-state index is 0.408. The molecule has 0 aliphatic carbocycles. The molecule has 0 bridgehead atoms. The SMILES string of the molecule is CCNCc1cc(S(=O)(=O)N2CCN(CC)CC2)c(Br)s1. The Balaban J connectivity index is 2.14. The molecule has 1 aromatic rings. The maximum absolute atomic E-state index is 12.8. The molecule has 2 rings (SSSR count). The van der Waals surface area contributed by atoms with Crippen molar-refractivity contribution in [1.82, 2.24) is 14.5 Å². The summed E-state index contributed by atoms with van der Waals surface area (Å²) in [7, 11) is -3.39. The van der Waals surface area contributed by atoms with Crippen LogP contribution in [-0.2, 0) is 16.6 Å². The zero-order chi connectivity index (χ0) is 15.5. The predicted octanol–water partition coefficient (Wildman–Crippen LogP) is 1.95. The maximum atomic E-state index is 12.8. The summed E-state index contributed by atoms with van der Waals surface area (Å²) in [6.07, 6.45) is 0. The largest absolute Gasteiger partial charge is 0.312 e. The van der Waals surface area contributed by atoms with Crippen LogP contribution in [0.1, 0.15) is 18.7 Å². The molecule has 0 atom stereocenters. The van der Waals surface area contributed by atoms with E-state index in [1.165, 1.54) is 11.3 Å². The van der Waals surface area contributed by atoms with Crippen molar-refractivity contribution in [3.63, 3.8) is 0 Å². The molecule has 1 saturated heterocycles. The quantitative estimate of drug-likeness (QED) is 0.799. The van der Waals surface area contributed by atoms with Crippen LogP contribution in [0.15, 0.2) is 14.7 Å². The second-order valence-corrected chi connectivity index (χ2v) is 9.33. The van der Waals surface area contributed by atoms with Crippen LogP contribution < -0.4 is 5.32 Å². The summed E-state index contributed by atoms with van der Waals surface area (Å²) in [5.41, 5.74) is 0. The molecule has 8 heteroatoms. The van der Waals surface area contributed by atoms with Crippen molar-refractivity contribution in [3.8, 4) is 0 Å². The van der Waals surface area contributed by atoms with Gasteiger partial charge in [0.05, 0.1) is 3.79 Å². The van der Waals surface area contributed by atoms with Gasteiger partial charge in [0, 0.05) is 37.6 Å². The lowest BCUT2D eigenvalue weighted by Gasteiger charge is -2.33. The first-order chi connectivity index (χ1) is 9.98. The van der Waals surface area contributed by atoms with Gasteiger partial charge < -0.3 is 10.2 Å². The molecular formula is C13H22BrN3O2S2. The van der Waals surface area contributed by atoms with Crippen LogP contribution in [0.2, 0.25) is 0 Å². The van der Waals surface area contributed by atoms with E-state index >= 15 is 0 Å². The molecule has 0 radical (unpaired) electrons. The summed E-state index contributed by atoms with van der Waals surface area (Å²) in [6, 6.07) is 1.79. The molecule has 120 valence electrons. The number of piperazine rings is 1. The first kappa shape index (κ1) is 17.4. The fraction of sp³-hybridized carbons (Fsp3) is 0.692. The number of nitrogens with zero attached hydrogens (tertiary/aromatic N) is 2. The van der Waals surface area contributed by atoms with Crippen molar-refractivity contribution in [2.24, 2.45) is 0 Å². The average Bonchev–Trinajstić information content (AvgIpc) is 2.87. The van der Waals surface area contributed by atoms with E-state index in [4.69, 9.17) is 0 Å². The molecule has 2 heterocycles. The van der Waals surface area contributed by atoms with Crippen LogP contribution in [0.25, 0.3) is 0 Å².